The Morgan fingerprint density at radius 3 is 2.09 bits per heavy atom. The number of fused-ring (bicyclic) bond motifs is 1. The third-order valence-corrected chi connectivity index (χ3v) is 5.52. The monoisotopic (exact) mass is 448 g/mol. The maximum absolute atomic E-state index is 13.1. The van der Waals surface area contributed by atoms with Crippen molar-refractivity contribution in [3.8, 4) is 22.3 Å². The van der Waals surface area contributed by atoms with Crippen LogP contribution in [0.3, 0.4) is 0 Å². The lowest BCUT2D eigenvalue weighted by Crippen LogP contribution is -2.10. The van der Waals surface area contributed by atoms with E-state index in [-0.39, 0.29) is 23.3 Å². The predicted octanol–water partition coefficient (Wildman–Crippen LogP) is 7.05. The van der Waals surface area contributed by atoms with Gasteiger partial charge in [0.25, 0.3) is 0 Å². The lowest BCUT2D eigenvalue weighted by atomic mass is 9.88. The summed E-state index contributed by atoms with van der Waals surface area (Å²) in [6.45, 7) is 1.88. The Labute approximate surface area is 189 Å². The third-order valence-electron chi connectivity index (χ3n) is 5.19. The van der Waals surface area contributed by atoms with E-state index in [1.54, 1.807) is 31.2 Å². The highest BCUT2D eigenvalue weighted by Gasteiger charge is 2.24. The van der Waals surface area contributed by atoms with Gasteiger partial charge >= 0.3 is 11.9 Å². The number of benzene rings is 4. The summed E-state index contributed by atoms with van der Waals surface area (Å²) in [6.07, 6.45) is 0. The summed E-state index contributed by atoms with van der Waals surface area (Å²) in [5.41, 5.74) is 2.03. The maximum atomic E-state index is 13.1. The predicted molar refractivity (Wildman–Crippen MR) is 122 cm³/mol. The van der Waals surface area contributed by atoms with Crippen molar-refractivity contribution in [1.29, 1.82) is 0 Å². The molecule has 0 fully saturated rings. The van der Waals surface area contributed by atoms with E-state index in [9.17, 15) is 14.1 Å². The maximum Gasteiger partial charge on any atom is 0.380 e. The van der Waals surface area contributed by atoms with Gasteiger partial charge < -0.3 is 4.74 Å². The molecular formula is C26H18ClFO4. The van der Waals surface area contributed by atoms with Crippen LogP contribution in [0.15, 0.2) is 78.9 Å². The summed E-state index contributed by atoms with van der Waals surface area (Å²) >= 11 is 6.34. The third kappa shape index (κ3) is 3.95. The zero-order valence-corrected chi connectivity index (χ0v) is 17.9. The van der Waals surface area contributed by atoms with Crippen LogP contribution in [-0.2, 0) is 9.68 Å². The molecule has 0 unspecified atom stereocenters. The molecule has 4 rings (SSSR count). The Bertz CT molecular complexity index is 1330. The second-order valence-corrected chi connectivity index (χ2v) is 7.44. The van der Waals surface area contributed by atoms with Crippen LogP contribution in [0.1, 0.15) is 27.6 Å². The van der Waals surface area contributed by atoms with E-state index < -0.39 is 11.9 Å². The molecule has 0 saturated heterocycles. The Hall–Kier alpha value is -3.70. The van der Waals surface area contributed by atoms with E-state index in [4.69, 9.17) is 16.3 Å². The minimum Gasteiger partial charge on any atom is -0.462 e. The number of esters is 1. The molecule has 32 heavy (non-hydrogen) atoms. The van der Waals surface area contributed by atoms with Gasteiger partial charge in [0.2, 0.25) is 0 Å². The van der Waals surface area contributed by atoms with Gasteiger partial charge in [-0.3, -0.25) is 0 Å². The van der Waals surface area contributed by atoms with Gasteiger partial charge in [0.05, 0.1) is 17.7 Å². The molecular weight excluding hydrogens is 431 g/mol. The van der Waals surface area contributed by atoms with E-state index in [1.165, 1.54) is 12.1 Å². The summed E-state index contributed by atoms with van der Waals surface area (Å²) in [7, 11) is 0. The van der Waals surface area contributed by atoms with Gasteiger partial charge in [-0.05, 0) is 52.6 Å². The number of ether oxygens (including phenoxy) is 1. The first kappa shape index (κ1) is 21.5. The second kappa shape index (κ2) is 9.20. The Balaban J connectivity index is 2.08. The zero-order valence-electron chi connectivity index (χ0n) is 17.1. The molecule has 0 aliphatic heterocycles. The first-order valence-electron chi connectivity index (χ1n) is 9.96. The standard InChI is InChI=1S/C26H18ClFO4/c1-2-31-25(29)22-15-21(19-11-5-6-13-24(19)27)23(26(30)32-28)14-20(22)18-12-7-9-16-8-3-4-10-17(16)18/h3-15H,2H2,1H3. The van der Waals surface area contributed by atoms with Crippen LogP contribution in [0.4, 0.5) is 4.53 Å². The molecule has 0 spiro atoms. The fourth-order valence-corrected chi connectivity index (χ4v) is 4.01. The van der Waals surface area contributed by atoms with Crippen molar-refractivity contribution in [2.24, 2.45) is 0 Å². The molecule has 0 aromatic heterocycles. The SMILES string of the molecule is CCOC(=O)c1cc(-c2ccccc2Cl)c(C(=O)OF)cc1-c1cccc2ccccc12. The number of carbonyl (C=O) groups excluding carboxylic acids is 2. The van der Waals surface area contributed by atoms with Crippen LogP contribution in [0.5, 0.6) is 0 Å². The van der Waals surface area contributed by atoms with E-state index in [0.717, 1.165) is 10.8 Å². The van der Waals surface area contributed by atoms with Crippen molar-refractivity contribution in [3.63, 3.8) is 0 Å². The molecule has 0 amide bonds. The first-order valence-corrected chi connectivity index (χ1v) is 10.3. The molecule has 6 heteroatoms. The van der Waals surface area contributed by atoms with Gasteiger partial charge in [0.1, 0.15) is 0 Å². The molecule has 160 valence electrons. The number of rotatable bonds is 5. The van der Waals surface area contributed by atoms with Crippen LogP contribution in [0, 0.1) is 0 Å². The van der Waals surface area contributed by atoms with Crippen molar-refractivity contribution < 1.29 is 23.8 Å². The van der Waals surface area contributed by atoms with Crippen LogP contribution < -0.4 is 0 Å². The number of halogens is 2. The minimum atomic E-state index is -1.18. The topological polar surface area (TPSA) is 52.6 Å². The van der Waals surface area contributed by atoms with E-state index >= 15 is 0 Å². The molecule has 0 aliphatic carbocycles. The molecule has 0 bridgehead atoms. The van der Waals surface area contributed by atoms with Gasteiger partial charge in [-0.15, -0.1) is 0 Å². The Morgan fingerprint density at radius 1 is 0.781 bits per heavy atom. The van der Waals surface area contributed by atoms with Crippen LogP contribution in [-0.4, -0.2) is 18.5 Å². The van der Waals surface area contributed by atoms with E-state index in [0.29, 0.717) is 21.7 Å². The van der Waals surface area contributed by atoms with Crippen molar-refractivity contribution in [2.75, 3.05) is 6.61 Å². The molecule has 0 aliphatic rings. The van der Waals surface area contributed by atoms with Gasteiger partial charge in [-0.25, -0.2) is 14.5 Å². The highest BCUT2D eigenvalue weighted by atomic mass is 35.5. The highest BCUT2D eigenvalue weighted by Crippen LogP contribution is 2.38. The summed E-state index contributed by atoms with van der Waals surface area (Å²) in [5, 5.41) is 2.16. The van der Waals surface area contributed by atoms with Gasteiger partial charge in [-0.1, -0.05) is 72.3 Å². The first-order chi connectivity index (χ1) is 15.5. The molecule has 4 nitrogen and oxygen atoms in total. The van der Waals surface area contributed by atoms with Crippen LogP contribution in [0.2, 0.25) is 5.02 Å². The van der Waals surface area contributed by atoms with Crippen molar-refractivity contribution >= 4 is 34.3 Å². The molecule has 0 atom stereocenters. The van der Waals surface area contributed by atoms with Crippen molar-refractivity contribution in [1.82, 2.24) is 0 Å². The van der Waals surface area contributed by atoms with Crippen LogP contribution in [0.25, 0.3) is 33.0 Å². The Morgan fingerprint density at radius 2 is 1.38 bits per heavy atom. The minimum absolute atomic E-state index is 0.0587. The van der Waals surface area contributed by atoms with Gasteiger partial charge in [0, 0.05) is 15.1 Å². The molecule has 4 aromatic carbocycles. The van der Waals surface area contributed by atoms with E-state index in [1.807, 2.05) is 42.5 Å². The lowest BCUT2D eigenvalue weighted by molar-refractivity contribution is -0.0787. The largest absolute Gasteiger partial charge is 0.462 e. The number of hydrogen-bond acceptors (Lipinski definition) is 4. The summed E-state index contributed by atoms with van der Waals surface area (Å²) in [4.78, 5) is 28.9. The molecule has 0 radical (unpaired) electrons. The average molecular weight is 449 g/mol. The Kier molecular flexibility index (Phi) is 6.19. The quantitative estimate of drug-likeness (QED) is 0.307. The molecule has 0 heterocycles. The smallest absolute Gasteiger partial charge is 0.380 e. The average Bonchev–Trinajstić information content (AvgIpc) is 2.83. The van der Waals surface area contributed by atoms with E-state index in [2.05, 4.69) is 4.94 Å². The molecule has 4 aromatic rings. The second-order valence-electron chi connectivity index (χ2n) is 7.04. The fraction of sp³-hybridized carbons (Fsp3) is 0.0769. The number of carbonyl (C=O) groups is 2. The van der Waals surface area contributed by atoms with Gasteiger partial charge in [-0.2, -0.15) is 0 Å². The summed E-state index contributed by atoms with van der Waals surface area (Å²) < 4.78 is 18.3. The molecule has 0 N–H and O–H groups in total. The molecule has 0 saturated carbocycles. The number of hydrogen-bond donors (Lipinski definition) is 0. The highest BCUT2D eigenvalue weighted by molar-refractivity contribution is 6.33. The fourth-order valence-electron chi connectivity index (χ4n) is 3.77. The zero-order chi connectivity index (χ0) is 22.7. The summed E-state index contributed by atoms with van der Waals surface area (Å²) in [6, 6.07) is 23.0. The van der Waals surface area contributed by atoms with Crippen LogP contribution >= 0.6 is 11.6 Å². The summed E-state index contributed by atoms with van der Waals surface area (Å²) in [5.74, 6) is -1.75. The van der Waals surface area contributed by atoms with Gasteiger partial charge in [0.15, 0.2) is 0 Å². The normalized spacial score (nSPS) is 10.7. The lowest BCUT2D eigenvalue weighted by Gasteiger charge is -2.17. The van der Waals surface area contributed by atoms with Crippen molar-refractivity contribution in [3.05, 3.63) is 95.0 Å². The van der Waals surface area contributed by atoms with Crippen molar-refractivity contribution in [2.45, 2.75) is 6.92 Å².